The maximum absolute atomic E-state index is 2.36. The van der Waals surface area contributed by atoms with Crippen molar-refractivity contribution in [1.82, 2.24) is 0 Å². The molecule has 0 aromatic heterocycles. The summed E-state index contributed by atoms with van der Waals surface area (Å²) in [6.45, 7) is 9.46. The molecular formula is C40H56AlB-2. The van der Waals surface area contributed by atoms with Crippen LogP contribution in [0.2, 0.25) is 21.1 Å². The molecule has 0 aliphatic carbocycles. The third-order valence-corrected chi connectivity index (χ3v) is 16.4. The Labute approximate surface area is 261 Å². The van der Waals surface area contributed by atoms with Crippen LogP contribution in [0.15, 0.2) is 121 Å². The highest BCUT2D eigenvalue weighted by Crippen LogP contribution is 2.33. The fourth-order valence-electron chi connectivity index (χ4n) is 7.54. The van der Waals surface area contributed by atoms with E-state index in [-0.39, 0.29) is 0 Å². The van der Waals surface area contributed by atoms with E-state index in [1.165, 1.54) is 73.2 Å². The SMILES string of the molecule is CCC[CH2][Al-]([CH2]CCC)([CH2]CCC)[CH2]CCC.c1ccc([B-](c2ccccc2)(c2ccccc2)c2ccccc2)cc1. The summed E-state index contributed by atoms with van der Waals surface area (Å²) in [7, 11) is 0. The van der Waals surface area contributed by atoms with E-state index in [1.807, 2.05) is 0 Å². The molecule has 4 rings (SSSR count). The Morgan fingerprint density at radius 1 is 0.357 bits per heavy atom. The Bertz CT molecular complexity index is 1010. The van der Waals surface area contributed by atoms with E-state index >= 15 is 0 Å². The van der Waals surface area contributed by atoms with Gasteiger partial charge in [0.05, 0.1) is 0 Å². The highest BCUT2D eigenvalue weighted by atomic mass is 27.2. The fourth-order valence-corrected chi connectivity index (χ4v) is 14.4. The minimum Gasteiger partial charge on any atom is -0.195 e. The van der Waals surface area contributed by atoms with Crippen molar-refractivity contribution in [2.45, 2.75) is 100 Å². The average Bonchev–Trinajstić information content (AvgIpc) is 3.07. The number of benzene rings is 4. The van der Waals surface area contributed by atoms with Crippen LogP contribution in [0.3, 0.4) is 0 Å². The van der Waals surface area contributed by atoms with Crippen LogP contribution in [0.4, 0.5) is 0 Å². The van der Waals surface area contributed by atoms with E-state index in [9.17, 15) is 0 Å². The van der Waals surface area contributed by atoms with Gasteiger partial charge < -0.3 is 0 Å². The van der Waals surface area contributed by atoms with Gasteiger partial charge in [0.15, 0.2) is 0 Å². The predicted molar refractivity (Wildman–Crippen MR) is 195 cm³/mol. The monoisotopic (exact) mass is 574 g/mol. The molecule has 4 aromatic rings. The van der Waals surface area contributed by atoms with Crippen LogP contribution in [-0.2, 0) is 0 Å². The van der Waals surface area contributed by atoms with E-state index in [2.05, 4.69) is 149 Å². The Morgan fingerprint density at radius 2 is 0.571 bits per heavy atom. The number of rotatable bonds is 16. The first-order chi connectivity index (χ1) is 20.7. The molecule has 2 heteroatoms. The van der Waals surface area contributed by atoms with E-state index in [0.717, 1.165) is 0 Å². The first-order valence-electron chi connectivity index (χ1n) is 17.3. The summed E-state index contributed by atoms with van der Waals surface area (Å²) in [5, 5.41) is 6.62. The van der Waals surface area contributed by atoms with Crippen LogP contribution in [0, 0.1) is 0 Å². The van der Waals surface area contributed by atoms with Crippen molar-refractivity contribution in [3.63, 3.8) is 0 Å². The van der Waals surface area contributed by atoms with Crippen molar-refractivity contribution in [1.29, 1.82) is 0 Å². The first kappa shape index (κ1) is 34.0. The summed E-state index contributed by atoms with van der Waals surface area (Å²) in [5.41, 5.74) is 5.36. The number of hydrogen-bond acceptors (Lipinski definition) is 0. The minimum absolute atomic E-state index is 1.20. The molecule has 0 fully saturated rings. The molecule has 0 aliphatic heterocycles. The van der Waals surface area contributed by atoms with Crippen LogP contribution in [-0.4, -0.2) is 19.2 Å². The summed E-state index contributed by atoms with van der Waals surface area (Å²) >= 11 is -1.20. The van der Waals surface area contributed by atoms with Gasteiger partial charge in [0.1, 0.15) is 19.2 Å². The molecule has 0 aliphatic rings. The zero-order valence-electron chi connectivity index (χ0n) is 27.2. The van der Waals surface area contributed by atoms with E-state index in [1.54, 1.807) is 21.1 Å². The molecular weight excluding hydrogens is 518 g/mol. The second-order valence-corrected chi connectivity index (χ2v) is 18.6. The molecule has 0 N–H and O–H groups in total. The Kier molecular flexibility index (Phi) is 15.3. The second-order valence-electron chi connectivity index (χ2n) is 12.8. The standard InChI is InChI=1S/C24H20B.4C4H9.Al/c1-5-13-21(14-6-1)25(22-15-7-2-8-16-22,23-17-9-3-10-18-23)24-19-11-4-12-20-24;4*1-3-4-2;/h1-20H;4*1,3-4H2,2H3;/q-1;;;;;-1. The smallest absolute Gasteiger partial charge is 0.134 e. The maximum atomic E-state index is 2.36. The molecule has 4 aromatic carbocycles. The number of unbranched alkanes of at least 4 members (excludes halogenated alkanes) is 4. The van der Waals surface area contributed by atoms with Crippen molar-refractivity contribution < 1.29 is 0 Å². The Morgan fingerprint density at radius 3 is 0.762 bits per heavy atom. The predicted octanol–water partition coefficient (Wildman–Crippen LogP) is 9.70. The third-order valence-electron chi connectivity index (χ3n) is 9.88. The van der Waals surface area contributed by atoms with Gasteiger partial charge in [0.25, 0.3) is 0 Å². The third kappa shape index (κ3) is 9.24. The minimum atomic E-state index is -1.22. The molecule has 0 amide bonds. The first-order valence-corrected chi connectivity index (χ1v) is 20.5. The van der Waals surface area contributed by atoms with Crippen molar-refractivity contribution in [3.8, 4) is 0 Å². The largest absolute Gasteiger partial charge is 0.195 e. The van der Waals surface area contributed by atoms with E-state index in [4.69, 9.17) is 0 Å². The maximum Gasteiger partial charge on any atom is 0.134 e. The molecule has 42 heavy (non-hydrogen) atoms. The average molecular weight is 575 g/mol. The lowest BCUT2D eigenvalue weighted by Crippen LogP contribution is -2.74. The normalized spacial score (nSPS) is 11.5. The molecule has 0 saturated heterocycles. The lowest BCUT2D eigenvalue weighted by Gasteiger charge is -2.44. The zero-order valence-corrected chi connectivity index (χ0v) is 28.3. The highest BCUT2D eigenvalue weighted by Gasteiger charge is 2.31. The molecule has 0 saturated carbocycles. The summed E-state index contributed by atoms with van der Waals surface area (Å²) in [5.74, 6) is 0. The lowest BCUT2D eigenvalue weighted by molar-refractivity contribution is 0.762. The van der Waals surface area contributed by atoms with Crippen molar-refractivity contribution in [3.05, 3.63) is 121 Å². The molecule has 224 valence electrons. The van der Waals surface area contributed by atoms with Crippen molar-refractivity contribution in [2.75, 3.05) is 0 Å². The van der Waals surface area contributed by atoms with Gasteiger partial charge in [-0.3, -0.25) is 0 Å². The number of hydrogen-bond donors (Lipinski definition) is 0. The van der Waals surface area contributed by atoms with E-state index in [0.29, 0.717) is 0 Å². The summed E-state index contributed by atoms with van der Waals surface area (Å²) in [6, 6.07) is 43.5. The van der Waals surface area contributed by atoms with Crippen LogP contribution < -0.4 is 21.9 Å². The van der Waals surface area contributed by atoms with Crippen LogP contribution in [0.5, 0.6) is 0 Å². The summed E-state index contributed by atoms with van der Waals surface area (Å²) in [4.78, 5) is 0. The summed E-state index contributed by atoms with van der Waals surface area (Å²) in [6.07, 6.45) is 10.5. The lowest BCUT2D eigenvalue weighted by atomic mass is 9.13. The van der Waals surface area contributed by atoms with Gasteiger partial charge >= 0.3 is 0 Å². The van der Waals surface area contributed by atoms with Gasteiger partial charge in [-0.15, -0.1) is 0 Å². The van der Waals surface area contributed by atoms with Crippen LogP contribution >= 0.6 is 0 Å². The summed E-state index contributed by atoms with van der Waals surface area (Å²) < 4.78 is 0. The highest BCUT2D eigenvalue weighted by molar-refractivity contribution is 7.19. The molecule has 0 nitrogen and oxygen atoms in total. The molecule has 0 radical (unpaired) electrons. The van der Waals surface area contributed by atoms with Gasteiger partial charge in [-0.1, -0.05) is 200 Å². The van der Waals surface area contributed by atoms with Gasteiger partial charge in [0, 0.05) is 0 Å². The molecule has 0 bridgehead atoms. The molecule has 0 unspecified atom stereocenters. The van der Waals surface area contributed by atoms with Crippen LogP contribution in [0.1, 0.15) is 79.1 Å². The molecule has 0 spiro atoms. The topological polar surface area (TPSA) is 0 Å². The van der Waals surface area contributed by atoms with Crippen molar-refractivity contribution in [2.24, 2.45) is 0 Å². The molecule has 0 heterocycles. The van der Waals surface area contributed by atoms with Crippen LogP contribution in [0.25, 0.3) is 0 Å². The van der Waals surface area contributed by atoms with Gasteiger partial charge in [-0.2, -0.15) is 43.0 Å². The fraction of sp³-hybridized carbons (Fsp3) is 0.400. The second kappa shape index (κ2) is 18.9. The van der Waals surface area contributed by atoms with Gasteiger partial charge in [-0.05, 0) is 0 Å². The van der Waals surface area contributed by atoms with Crippen molar-refractivity contribution >= 4 is 41.1 Å². The Hall–Kier alpha value is -2.52. The molecule has 0 atom stereocenters. The van der Waals surface area contributed by atoms with E-state index < -0.39 is 19.2 Å². The van der Waals surface area contributed by atoms with Gasteiger partial charge in [-0.25, -0.2) is 0 Å². The van der Waals surface area contributed by atoms with Gasteiger partial charge in [0.2, 0.25) is 0 Å². The Balaban J connectivity index is 0.000000252. The zero-order chi connectivity index (χ0) is 29.9. The quantitative estimate of drug-likeness (QED) is 0.117.